The van der Waals surface area contributed by atoms with E-state index >= 15 is 0 Å². The highest BCUT2D eigenvalue weighted by atomic mass is 32.1. The van der Waals surface area contributed by atoms with Gasteiger partial charge in [-0.3, -0.25) is 9.78 Å². The van der Waals surface area contributed by atoms with E-state index in [1.165, 1.54) is 11.3 Å². The van der Waals surface area contributed by atoms with Gasteiger partial charge in [-0.25, -0.2) is 0 Å². The second kappa shape index (κ2) is 6.29. The maximum atomic E-state index is 12.8. The lowest BCUT2D eigenvalue weighted by Crippen LogP contribution is -2.44. The molecule has 2 aromatic rings. The van der Waals surface area contributed by atoms with Crippen LogP contribution in [-0.4, -0.2) is 47.2 Å². The average Bonchev–Trinajstić information content (AvgIpc) is 3.24. The number of hydrogen-bond acceptors (Lipinski definition) is 5. The smallest absolute Gasteiger partial charge is 0.264 e. The van der Waals surface area contributed by atoms with Gasteiger partial charge in [-0.05, 0) is 36.4 Å². The lowest BCUT2D eigenvalue weighted by Gasteiger charge is -2.31. The van der Waals surface area contributed by atoms with Gasteiger partial charge in [0.05, 0.1) is 23.7 Å². The van der Waals surface area contributed by atoms with Crippen LogP contribution in [-0.2, 0) is 4.74 Å². The van der Waals surface area contributed by atoms with E-state index in [0.29, 0.717) is 6.54 Å². The van der Waals surface area contributed by atoms with Gasteiger partial charge < -0.3 is 14.4 Å². The van der Waals surface area contributed by atoms with Gasteiger partial charge in [-0.15, -0.1) is 11.3 Å². The summed E-state index contributed by atoms with van der Waals surface area (Å²) >= 11 is 1.48. The number of nitrogens with zero attached hydrogens (tertiary/aromatic N) is 2. The molecule has 0 bridgehead atoms. The number of likely N-dealkylation sites (tertiary alicyclic amines) is 1. The minimum Gasteiger partial charge on any atom is -0.484 e. The molecule has 0 N–H and O–H groups in total. The molecule has 4 rings (SSSR count). The Kier molecular flexibility index (Phi) is 4.01. The number of amides is 1. The van der Waals surface area contributed by atoms with Gasteiger partial charge in [-0.2, -0.15) is 0 Å². The summed E-state index contributed by atoms with van der Waals surface area (Å²) in [5, 5.41) is 1.93. The molecule has 3 atom stereocenters. The van der Waals surface area contributed by atoms with Crippen molar-refractivity contribution in [2.24, 2.45) is 0 Å². The Bertz CT molecular complexity index is 662. The molecule has 23 heavy (non-hydrogen) atoms. The van der Waals surface area contributed by atoms with Gasteiger partial charge in [0.2, 0.25) is 0 Å². The normalized spacial score (nSPS) is 26.8. The van der Waals surface area contributed by atoms with Crippen LogP contribution < -0.4 is 4.74 Å². The lowest BCUT2D eigenvalue weighted by molar-refractivity contribution is -0.0447. The van der Waals surface area contributed by atoms with Gasteiger partial charge in [0.25, 0.3) is 5.91 Å². The maximum absolute atomic E-state index is 12.8. The van der Waals surface area contributed by atoms with Crippen LogP contribution in [0.3, 0.4) is 0 Å². The van der Waals surface area contributed by atoms with Crippen LogP contribution in [0.4, 0.5) is 0 Å². The predicted molar refractivity (Wildman–Crippen MR) is 86.8 cm³/mol. The number of pyridine rings is 1. The Labute approximate surface area is 138 Å². The molecule has 2 aromatic heterocycles. The van der Waals surface area contributed by atoms with Crippen molar-refractivity contribution < 1.29 is 14.3 Å². The first-order valence-electron chi connectivity index (χ1n) is 7.86. The monoisotopic (exact) mass is 330 g/mol. The third-order valence-electron chi connectivity index (χ3n) is 4.39. The van der Waals surface area contributed by atoms with Crippen molar-refractivity contribution >= 4 is 17.2 Å². The quantitative estimate of drug-likeness (QED) is 0.868. The zero-order chi connectivity index (χ0) is 15.6. The Morgan fingerprint density at radius 3 is 3.13 bits per heavy atom. The predicted octanol–water partition coefficient (Wildman–Crippen LogP) is 2.59. The van der Waals surface area contributed by atoms with Crippen molar-refractivity contribution in [3.63, 3.8) is 0 Å². The van der Waals surface area contributed by atoms with Gasteiger partial charge in [0.15, 0.2) is 0 Å². The summed E-state index contributed by atoms with van der Waals surface area (Å²) in [6, 6.07) is 7.61. The van der Waals surface area contributed by atoms with Crippen LogP contribution in [0.2, 0.25) is 0 Å². The molecule has 0 unspecified atom stereocenters. The summed E-state index contributed by atoms with van der Waals surface area (Å²) in [4.78, 5) is 19.6. The highest BCUT2D eigenvalue weighted by Crippen LogP contribution is 2.33. The van der Waals surface area contributed by atoms with Gasteiger partial charge in [-0.1, -0.05) is 6.07 Å². The molecule has 6 heteroatoms. The highest BCUT2D eigenvalue weighted by Gasteiger charge is 2.47. The van der Waals surface area contributed by atoms with Gasteiger partial charge in [0, 0.05) is 12.8 Å². The van der Waals surface area contributed by atoms with Crippen molar-refractivity contribution in [1.82, 2.24) is 9.88 Å². The Morgan fingerprint density at radius 2 is 2.35 bits per heavy atom. The van der Waals surface area contributed by atoms with Crippen molar-refractivity contribution in [2.45, 2.75) is 31.1 Å². The summed E-state index contributed by atoms with van der Waals surface area (Å²) < 4.78 is 12.0. The number of thiophene rings is 1. The topological polar surface area (TPSA) is 51.7 Å². The number of aromatic nitrogens is 1. The summed E-state index contributed by atoms with van der Waals surface area (Å²) in [7, 11) is 0. The van der Waals surface area contributed by atoms with Crippen molar-refractivity contribution in [1.29, 1.82) is 0 Å². The summed E-state index contributed by atoms with van der Waals surface area (Å²) in [5.41, 5.74) is 0. The fourth-order valence-corrected chi connectivity index (χ4v) is 4.06. The SMILES string of the molecule is O=C(c1cccs1)N1C[C@H](Oc2cccnc2)[C@H]2OCCC[C@H]21. The minimum atomic E-state index is -0.145. The highest BCUT2D eigenvalue weighted by molar-refractivity contribution is 7.12. The average molecular weight is 330 g/mol. The van der Waals surface area contributed by atoms with Crippen LogP contribution in [0.5, 0.6) is 5.75 Å². The molecule has 1 amide bonds. The van der Waals surface area contributed by atoms with E-state index in [4.69, 9.17) is 9.47 Å². The third kappa shape index (κ3) is 2.84. The molecule has 0 saturated carbocycles. The minimum absolute atomic E-state index is 0.0622. The molecule has 0 radical (unpaired) electrons. The number of rotatable bonds is 3. The second-order valence-electron chi connectivity index (χ2n) is 5.82. The van der Waals surface area contributed by atoms with E-state index in [1.54, 1.807) is 12.4 Å². The number of carbonyl (C=O) groups excluding carboxylic acids is 1. The molecular weight excluding hydrogens is 312 g/mol. The number of hydrogen-bond donors (Lipinski definition) is 0. The molecule has 2 aliphatic heterocycles. The van der Waals surface area contributed by atoms with E-state index in [2.05, 4.69) is 4.98 Å². The van der Waals surface area contributed by atoms with Crippen LogP contribution in [0.1, 0.15) is 22.5 Å². The van der Waals surface area contributed by atoms with Crippen molar-refractivity contribution in [3.05, 3.63) is 46.9 Å². The lowest BCUT2D eigenvalue weighted by atomic mass is 10.0. The van der Waals surface area contributed by atoms with Crippen LogP contribution in [0.15, 0.2) is 42.0 Å². The number of carbonyl (C=O) groups is 1. The second-order valence-corrected chi connectivity index (χ2v) is 6.77. The molecule has 0 aliphatic carbocycles. The zero-order valence-corrected chi connectivity index (χ0v) is 13.4. The third-order valence-corrected chi connectivity index (χ3v) is 5.25. The Balaban J connectivity index is 1.56. The number of fused-ring (bicyclic) bond motifs is 1. The fraction of sp³-hybridized carbons (Fsp3) is 0.412. The molecule has 4 heterocycles. The van der Waals surface area contributed by atoms with Crippen LogP contribution in [0, 0.1) is 0 Å². The zero-order valence-electron chi connectivity index (χ0n) is 12.6. The molecule has 0 aromatic carbocycles. The van der Waals surface area contributed by atoms with E-state index in [0.717, 1.165) is 30.1 Å². The first-order chi connectivity index (χ1) is 11.3. The summed E-state index contributed by atoms with van der Waals surface area (Å²) in [5.74, 6) is 0.800. The molecule has 120 valence electrons. The van der Waals surface area contributed by atoms with Crippen LogP contribution >= 0.6 is 11.3 Å². The largest absolute Gasteiger partial charge is 0.484 e. The summed E-state index contributed by atoms with van der Waals surface area (Å²) in [6.07, 6.45) is 5.15. The Morgan fingerprint density at radius 1 is 1.39 bits per heavy atom. The molecule has 2 fully saturated rings. The van der Waals surface area contributed by atoms with E-state index in [9.17, 15) is 4.79 Å². The van der Waals surface area contributed by atoms with Crippen molar-refractivity contribution in [2.75, 3.05) is 13.2 Å². The first kappa shape index (κ1) is 14.7. The molecular formula is C17H18N2O3S. The molecule has 0 spiro atoms. The maximum Gasteiger partial charge on any atom is 0.264 e. The van der Waals surface area contributed by atoms with Gasteiger partial charge >= 0.3 is 0 Å². The van der Waals surface area contributed by atoms with E-state index in [1.807, 2.05) is 34.5 Å². The fourth-order valence-electron chi connectivity index (χ4n) is 3.38. The molecule has 2 saturated heterocycles. The molecule has 2 aliphatic rings. The van der Waals surface area contributed by atoms with Crippen LogP contribution in [0.25, 0.3) is 0 Å². The van der Waals surface area contributed by atoms with Crippen molar-refractivity contribution in [3.8, 4) is 5.75 Å². The standard InChI is InChI=1S/C17H18N2O3S/c20-17(15-6-3-9-23-15)19-11-14(16-13(19)5-2-8-21-16)22-12-4-1-7-18-10-12/h1,3-4,6-7,9-10,13-14,16H,2,5,8,11H2/t13-,14+,16+/m1/s1. The number of ether oxygens (including phenoxy) is 2. The van der Waals surface area contributed by atoms with Gasteiger partial charge in [0.1, 0.15) is 18.0 Å². The molecule has 5 nitrogen and oxygen atoms in total. The first-order valence-corrected chi connectivity index (χ1v) is 8.73. The Hall–Kier alpha value is -1.92. The van der Waals surface area contributed by atoms with E-state index < -0.39 is 0 Å². The van der Waals surface area contributed by atoms with E-state index in [-0.39, 0.29) is 24.2 Å². The summed E-state index contributed by atoms with van der Waals surface area (Å²) in [6.45, 7) is 1.29.